The fourth-order valence-corrected chi connectivity index (χ4v) is 2.65. The van der Waals surface area contributed by atoms with Crippen LogP contribution in [-0.2, 0) is 0 Å². The first-order valence-electron chi connectivity index (χ1n) is 8.30. The highest BCUT2D eigenvalue weighted by molar-refractivity contribution is 14.0. The molecule has 0 saturated heterocycles. The van der Waals surface area contributed by atoms with Gasteiger partial charge >= 0.3 is 0 Å². The van der Waals surface area contributed by atoms with Crippen molar-refractivity contribution in [3.8, 4) is 0 Å². The summed E-state index contributed by atoms with van der Waals surface area (Å²) in [4.78, 5) is 4.57. The number of halogens is 1. The monoisotopic (exact) mass is 411 g/mol. The molecule has 0 aromatic heterocycles. The molecular weight excluding hydrogens is 377 g/mol. The molecular formula is C16H34IN3O. The van der Waals surface area contributed by atoms with E-state index in [9.17, 15) is 5.11 Å². The number of aliphatic imine (C=N–C) groups is 1. The largest absolute Gasteiger partial charge is 0.388 e. The molecule has 0 bridgehead atoms. The molecule has 0 heterocycles. The van der Waals surface area contributed by atoms with Crippen molar-refractivity contribution in [2.45, 2.75) is 71.3 Å². The molecule has 21 heavy (non-hydrogen) atoms. The highest BCUT2D eigenvalue weighted by Crippen LogP contribution is 2.28. The molecule has 0 unspecified atom stereocenters. The topological polar surface area (TPSA) is 56.7 Å². The number of hydrogen-bond donors (Lipinski definition) is 3. The summed E-state index contributed by atoms with van der Waals surface area (Å²) < 4.78 is 0. The number of nitrogens with zero attached hydrogens (tertiary/aromatic N) is 1. The molecule has 1 saturated carbocycles. The maximum absolute atomic E-state index is 10.5. The van der Waals surface area contributed by atoms with Gasteiger partial charge in [-0.15, -0.1) is 24.0 Å². The van der Waals surface area contributed by atoms with Crippen LogP contribution >= 0.6 is 24.0 Å². The smallest absolute Gasteiger partial charge is 0.191 e. The van der Waals surface area contributed by atoms with E-state index < -0.39 is 5.60 Å². The maximum atomic E-state index is 10.5. The Morgan fingerprint density at radius 1 is 1.19 bits per heavy atom. The summed E-state index contributed by atoms with van der Waals surface area (Å²) in [7, 11) is 0. The zero-order valence-corrected chi connectivity index (χ0v) is 16.3. The summed E-state index contributed by atoms with van der Waals surface area (Å²) in [5.41, 5.74) is -0.571. The van der Waals surface area contributed by atoms with Crippen molar-refractivity contribution in [2.75, 3.05) is 19.6 Å². The molecule has 1 fully saturated rings. The van der Waals surface area contributed by atoms with Gasteiger partial charge in [-0.3, -0.25) is 4.99 Å². The van der Waals surface area contributed by atoms with Crippen LogP contribution in [0, 0.1) is 5.92 Å². The number of rotatable bonds is 7. The summed E-state index contributed by atoms with van der Waals surface area (Å²) >= 11 is 0. The first-order valence-corrected chi connectivity index (χ1v) is 8.30. The molecule has 0 spiro atoms. The van der Waals surface area contributed by atoms with E-state index in [2.05, 4.69) is 36.4 Å². The van der Waals surface area contributed by atoms with E-state index in [-0.39, 0.29) is 24.0 Å². The van der Waals surface area contributed by atoms with Crippen LogP contribution in [0.3, 0.4) is 0 Å². The minimum Gasteiger partial charge on any atom is -0.388 e. The predicted octanol–water partition coefficient (Wildman–Crippen LogP) is 3.29. The summed E-state index contributed by atoms with van der Waals surface area (Å²) in [6.07, 6.45) is 7.68. The van der Waals surface area contributed by atoms with E-state index in [4.69, 9.17) is 0 Å². The molecule has 0 aromatic rings. The van der Waals surface area contributed by atoms with Gasteiger partial charge in [0, 0.05) is 13.1 Å². The maximum Gasteiger partial charge on any atom is 0.191 e. The van der Waals surface area contributed by atoms with Crippen LogP contribution in [-0.4, -0.2) is 36.3 Å². The van der Waals surface area contributed by atoms with Gasteiger partial charge in [0.25, 0.3) is 0 Å². The summed E-state index contributed by atoms with van der Waals surface area (Å²) in [5, 5.41) is 17.1. The van der Waals surface area contributed by atoms with Crippen LogP contribution in [0.2, 0.25) is 0 Å². The van der Waals surface area contributed by atoms with Crippen LogP contribution < -0.4 is 10.6 Å². The van der Waals surface area contributed by atoms with Crippen molar-refractivity contribution in [1.29, 1.82) is 0 Å². The summed E-state index contributed by atoms with van der Waals surface area (Å²) in [5.74, 6) is 1.59. The summed E-state index contributed by atoms with van der Waals surface area (Å²) in [6.45, 7) is 8.89. The molecule has 0 atom stereocenters. The lowest BCUT2D eigenvalue weighted by Gasteiger charge is -2.30. The third-order valence-electron chi connectivity index (χ3n) is 3.91. The quantitative estimate of drug-likeness (QED) is 0.261. The van der Waals surface area contributed by atoms with E-state index in [1.807, 2.05) is 0 Å². The van der Waals surface area contributed by atoms with E-state index in [0.29, 0.717) is 6.54 Å². The Kier molecular flexibility index (Phi) is 11.5. The van der Waals surface area contributed by atoms with Crippen molar-refractivity contribution in [2.24, 2.45) is 10.9 Å². The number of aliphatic hydroxyl groups is 1. The Morgan fingerprint density at radius 3 is 2.43 bits per heavy atom. The third-order valence-corrected chi connectivity index (χ3v) is 3.91. The molecule has 3 N–H and O–H groups in total. The van der Waals surface area contributed by atoms with Gasteiger partial charge < -0.3 is 15.7 Å². The average molecular weight is 411 g/mol. The van der Waals surface area contributed by atoms with Crippen LogP contribution in [0.1, 0.15) is 65.7 Å². The van der Waals surface area contributed by atoms with Gasteiger partial charge in [-0.1, -0.05) is 33.1 Å². The van der Waals surface area contributed by atoms with Gasteiger partial charge in [0.15, 0.2) is 5.96 Å². The second-order valence-corrected chi connectivity index (χ2v) is 6.44. The Labute approximate surface area is 147 Å². The Bertz CT molecular complexity index is 289. The van der Waals surface area contributed by atoms with Gasteiger partial charge in [0.1, 0.15) is 0 Å². The van der Waals surface area contributed by atoms with Crippen molar-refractivity contribution in [1.82, 2.24) is 10.6 Å². The van der Waals surface area contributed by atoms with Crippen molar-refractivity contribution < 1.29 is 5.11 Å². The molecule has 5 heteroatoms. The van der Waals surface area contributed by atoms with Gasteiger partial charge in [0.2, 0.25) is 0 Å². The first kappa shape index (κ1) is 21.0. The van der Waals surface area contributed by atoms with E-state index in [0.717, 1.165) is 57.1 Å². The highest BCUT2D eigenvalue weighted by Gasteiger charge is 2.28. The highest BCUT2D eigenvalue weighted by atomic mass is 127. The first-order chi connectivity index (χ1) is 9.56. The van der Waals surface area contributed by atoms with Gasteiger partial charge in [-0.2, -0.15) is 0 Å². The third kappa shape index (κ3) is 9.55. The molecule has 0 aromatic carbocycles. The lowest BCUT2D eigenvalue weighted by Crippen LogP contribution is -2.41. The van der Waals surface area contributed by atoms with E-state index >= 15 is 0 Å². The Hall–Kier alpha value is -0.0400. The van der Waals surface area contributed by atoms with Gasteiger partial charge in [-0.25, -0.2) is 0 Å². The second-order valence-electron chi connectivity index (χ2n) is 6.44. The lowest BCUT2D eigenvalue weighted by molar-refractivity contribution is 0.0131. The standard InChI is InChI=1S/C16H33N3O.HI/c1-4-17-15(18-12-8-9-14(2)3)19-13-16(20)10-6-5-7-11-16;/h14,20H,4-13H2,1-3H3,(H2,17,18,19);1H. The number of nitrogens with one attached hydrogen (secondary N) is 2. The number of guanidine groups is 1. The normalized spacial score (nSPS) is 18.2. The fourth-order valence-electron chi connectivity index (χ4n) is 2.65. The van der Waals surface area contributed by atoms with Crippen LogP contribution in [0.5, 0.6) is 0 Å². The average Bonchev–Trinajstić information content (AvgIpc) is 2.41. The Balaban J connectivity index is 0.00000400. The molecule has 4 nitrogen and oxygen atoms in total. The molecule has 0 radical (unpaired) electrons. The van der Waals surface area contributed by atoms with Gasteiger partial charge in [-0.05, 0) is 38.5 Å². The van der Waals surface area contributed by atoms with Crippen molar-refractivity contribution in [3.63, 3.8) is 0 Å². The van der Waals surface area contributed by atoms with Crippen LogP contribution in [0.25, 0.3) is 0 Å². The molecule has 126 valence electrons. The zero-order valence-electron chi connectivity index (χ0n) is 14.0. The molecule has 1 aliphatic rings. The Morgan fingerprint density at radius 2 is 1.86 bits per heavy atom. The second kappa shape index (κ2) is 11.5. The summed E-state index contributed by atoms with van der Waals surface area (Å²) in [6, 6.07) is 0. The van der Waals surface area contributed by atoms with E-state index in [1.54, 1.807) is 0 Å². The van der Waals surface area contributed by atoms with Crippen LogP contribution in [0.15, 0.2) is 4.99 Å². The van der Waals surface area contributed by atoms with Gasteiger partial charge in [0.05, 0.1) is 12.1 Å². The van der Waals surface area contributed by atoms with Crippen molar-refractivity contribution in [3.05, 3.63) is 0 Å². The molecule has 1 aliphatic carbocycles. The fraction of sp³-hybridized carbons (Fsp3) is 0.938. The lowest BCUT2D eigenvalue weighted by atomic mass is 9.85. The number of hydrogen-bond acceptors (Lipinski definition) is 2. The van der Waals surface area contributed by atoms with E-state index in [1.165, 1.54) is 12.8 Å². The zero-order chi connectivity index (χ0) is 14.8. The molecule has 0 aliphatic heterocycles. The van der Waals surface area contributed by atoms with Crippen molar-refractivity contribution >= 4 is 29.9 Å². The minimum absolute atomic E-state index is 0. The molecule has 1 rings (SSSR count). The van der Waals surface area contributed by atoms with Crippen LogP contribution in [0.4, 0.5) is 0 Å². The molecule has 0 amide bonds. The minimum atomic E-state index is -0.571. The predicted molar refractivity (Wildman–Crippen MR) is 102 cm³/mol. The SMILES string of the molecule is CCNC(=NCC1(O)CCCCC1)NCCCC(C)C.I.